The molecule has 0 radical (unpaired) electrons. The Labute approximate surface area is 161 Å². The second-order valence-electron chi connectivity index (χ2n) is 6.23. The van der Waals surface area contributed by atoms with Crippen LogP contribution in [0.15, 0.2) is 53.4 Å². The Bertz CT molecular complexity index is 881. The molecule has 0 spiro atoms. The highest BCUT2D eigenvalue weighted by Gasteiger charge is 2.17. The fraction of sp³-hybridized carbons (Fsp3) is 0.350. The number of ether oxygens (including phenoxy) is 1. The number of carbonyl (C=O) groups is 1. The lowest BCUT2D eigenvalue weighted by molar-refractivity contribution is -0.128. The maximum atomic E-state index is 12.4. The van der Waals surface area contributed by atoms with Gasteiger partial charge in [0.15, 0.2) is 0 Å². The first-order valence-electron chi connectivity index (χ1n) is 8.78. The standard InChI is InChI=1S/C20H26N2O4S/c1-16-8-4-7-11-20(16)27(24,25)21-13-15-22(17(2)23)14-12-18-9-5-6-10-19(18)26-3/h4-11,21H,12-15H2,1-3H3. The van der Waals surface area contributed by atoms with Crippen LogP contribution in [0.1, 0.15) is 18.1 Å². The number of rotatable bonds is 9. The summed E-state index contributed by atoms with van der Waals surface area (Å²) in [6, 6.07) is 14.5. The Morgan fingerprint density at radius 1 is 1.07 bits per heavy atom. The number of nitrogens with one attached hydrogen (secondary N) is 1. The van der Waals surface area contributed by atoms with Gasteiger partial charge in [-0.25, -0.2) is 13.1 Å². The average Bonchev–Trinajstić information content (AvgIpc) is 2.64. The first kappa shape index (κ1) is 20.9. The van der Waals surface area contributed by atoms with Crippen molar-refractivity contribution >= 4 is 15.9 Å². The van der Waals surface area contributed by atoms with Crippen LogP contribution in [0.3, 0.4) is 0 Å². The number of methoxy groups -OCH3 is 1. The summed E-state index contributed by atoms with van der Waals surface area (Å²) in [4.78, 5) is 13.8. The monoisotopic (exact) mass is 390 g/mol. The molecule has 0 heterocycles. The third-order valence-electron chi connectivity index (χ3n) is 4.35. The molecule has 2 rings (SSSR count). The molecule has 7 heteroatoms. The van der Waals surface area contributed by atoms with Crippen LogP contribution in [0.2, 0.25) is 0 Å². The summed E-state index contributed by atoms with van der Waals surface area (Å²) in [5, 5.41) is 0. The van der Waals surface area contributed by atoms with Gasteiger partial charge in [-0.3, -0.25) is 4.79 Å². The fourth-order valence-corrected chi connectivity index (χ4v) is 4.11. The van der Waals surface area contributed by atoms with E-state index in [9.17, 15) is 13.2 Å². The minimum atomic E-state index is -3.60. The maximum Gasteiger partial charge on any atom is 0.240 e. The number of benzene rings is 2. The lowest BCUT2D eigenvalue weighted by Gasteiger charge is -2.22. The molecule has 6 nitrogen and oxygen atoms in total. The molecule has 0 aliphatic carbocycles. The molecule has 146 valence electrons. The summed E-state index contributed by atoms with van der Waals surface area (Å²) in [5.41, 5.74) is 1.69. The number of carbonyl (C=O) groups excluding carboxylic acids is 1. The van der Waals surface area contributed by atoms with E-state index < -0.39 is 10.0 Å². The van der Waals surface area contributed by atoms with Crippen molar-refractivity contribution in [2.75, 3.05) is 26.7 Å². The van der Waals surface area contributed by atoms with Gasteiger partial charge in [0.25, 0.3) is 0 Å². The number of aryl methyl sites for hydroxylation is 1. The zero-order valence-electron chi connectivity index (χ0n) is 15.9. The Hall–Kier alpha value is -2.38. The van der Waals surface area contributed by atoms with Gasteiger partial charge in [-0.2, -0.15) is 0 Å². The van der Waals surface area contributed by atoms with Gasteiger partial charge in [-0.1, -0.05) is 36.4 Å². The molecule has 1 amide bonds. The first-order chi connectivity index (χ1) is 12.8. The Morgan fingerprint density at radius 2 is 1.74 bits per heavy atom. The molecule has 0 atom stereocenters. The zero-order valence-corrected chi connectivity index (χ0v) is 16.8. The number of para-hydroxylation sites is 1. The maximum absolute atomic E-state index is 12.4. The average molecular weight is 391 g/mol. The van der Waals surface area contributed by atoms with Crippen LogP contribution in [-0.4, -0.2) is 46.0 Å². The zero-order chi connectivity index (χ0) is 19.9. The van der Waals surface area contributed by atoms with Crippen molar-refractivity contribution in [3.8, 4) is 5.75 Å². The van der Waals surface area contributed by atoms with E-state index in [1.54, 1.807) is 43.2 Å². The van der Waals surface area contributed by atoms with Crippen molar-refractivity contribution in [2.24, 2.45) is 0 Å². The third kappa shape index (κ3) is 5.80. The SMILES string of the molecule is COc1ccccc1CCN(CCNS(=O)(=O)c1ccccc1C)C(C)=O. The molecule has 0 bridgehead atoms. The van der Waals surface area contributed by atoms with Crippen LogP contribution in [0, 0.1) is 6.92 Å². The molecule has 0 aliphatic rings. The predicted molar refractivity (Wildman–Crippen MR) is 105 cm³/mol. The molecule has 2 aromatic carbocycles. The lowest BCUT2D eigenvalue weighted by Crippen LogP contribution is -2.38. The predicted octanol–water partition coefficient (Wildman–Crippen LogP) is 2.37. The highest BCUT2D eigenvalue weighted by atomic mass is 32.2. The van der Waals surface area contributed by atoms with E-state index >= 15 is 0 Å². The van der Waals surface area contributed by atoms with E-state index in [2.05, 4.69) is 4.72 Å². The molecule has 0 saturated carbocycles. The molecule has 1 N–H and O–H groups in total. The topological polar surface area (TPSA) is 75.7 Å². The normalized spacial score (nSPS) is 11.2. The van der Waals surface area contributed by atoms with Crippen molar-refractivity contribution in [2.45, 2.75) is 25.2 Å². The summed E-state index contributed by atoms with van der Waals surface area (Å²) in [6.07, 6.45) is 0.633. The van der Waals surface area contributed by atoms with Crippen LogP contribution in [0.25, 0.3) is 0 Å². The fourth-order valence-electron chi connectivity index (χ4n) is 2.84. The number of amides is 1. The molecule has 0 aromatic heterocycles. The second-order valence-corrected chi connectivity index (χ2v) is 7.97. The van der Waals surface area contributed by atoms with Gasteiger partial charge in [0.05, 0.1) is 12.0 Å². The first-order valence-corrected chi connectivity index (χ1v) is 10.3. The van der Waals surface area contributed by atoms with E-state index in [1.165, 1.54) is 6.92 Å². The van der Waals surface area contributed by atoms with Gasteiger partial charge in [0.1, 0.15) is 5.75 Å². The quantitative estimate of drug-likeness (QED) is 0.713. The Kier molecular flexibility index (Phi) is 7.38. The van der Waals surface area contributed by atoms with Crippen molar-refractivity contribution in [3.63, 3.8) is 0 Å². The smallest absolute Gasteiger partial charge is 0.240 e. The Morgan fingerprint density at radius 3 is 2.41 bits per heavy atom. The highest BCUT2D eigenvalue weighted by Crippen LogP contribution is 2.18. The molecular weight excluding hydrogens is 364 g/mol. The van der Waals surface area contributed by atoms with Crippen LogP contribution in [-0.2, 0) is 21.2 Å². The lowest BCUT2D eigenvalue weighted by atomic mass is 10.1. The van der Waals surface area contributed by atoms with Crippen LogP contribution >= 0.6 is 0 Å². The van der Waals surface area contributed by atoms with Crippen LogP contribution in [0.4, 0.5) is 0 Å². The largest absolute Gasteiger partial charge is 0.496 e. The number of hydrogen-bond donors (Lipinski definition) is 1. The molecule has 0 fully saturated rings. The van der Waals surface area contributed by atoms with Gasteiger partial charge in [0.2, 0.25) is 15.9 Å². The Balaban J connectivity index is 1.95. The summed E-state index contributed by atoms with van der Waals surface area (Å²) in [6.45, 7) is 4.18. The van der Waals surface area contributed by atoms with Gasteiger partial charge >= 0.3 is 0 Å². The summed E-state index contributed by atoms with van der Waals surface area (Å²) >= 11 is 0. The highest BCUT2D eigenvalue weighted by molar-refractivity contribution is 7.89. The summed E-state index contributed by atoms with van der Waals surface area (Å²) in [5.74, 6) is 0.682. The molecule has 0 aliphatic heterocycles. The van der Waals surface area contributed by atoms with E-state index in [0.717, 1.165) is 11.3 Å². The van der Waals surface area contributed by atoms with E-state index in [4.69, 9.17) is 4.74 Å². The van der Waals surface area contributed by atoms with Crippen LogP contribution in [0.5, 0.6) is 5.75 Å². The number of hydrogen-bond acceptors (Lipinski definition) is 4. The van der Waals surface area contributed by atoms with Crippen molar-refractivity contribution < 1.29 is 17.9 Å². The van der Waals surface area contributed by atoms with Crippen molar-refractivity contribution in [3.05, 3.63) is 59.7 Å². The summed E-state index contributed by atoms with van der Waals surface area (Å²) < 4.78 is 32.8. The van der Waals surface area contributed by atoms with Gasteiger partial charge in [-0.15, -0.1) is 0 Å². The van der Waals surface area contributed by atoms with Crippen molar-refractivity contribution in [1.82, 2.24) is 9.62 Å². The van der Waals surface area contributed by atoms with Gasteiger partial charge in [0, 0.05) is 26.6 Å². The molecular formula is C20H26N2O4S. The van der Waals surface area contributed by atoms with E-state index in [-0.39, 0.29) is 17.3 Å². The number of nitrogens with zero attached hydrogens (tertiary/aromatic N) is 1. The summed E-state index contributed by atoms with van der Waals surface area (Å²) in [7, 11) is -1.99. The van der Waals surface area contributed by atoms with Crippen molar-refractivity contribution in [1.29, 1.82) is 0 Å². The minimum absolute atomic E-state index is 0.0972. The van der Waals surface area contributed by atoms with Gasteiger partial charge in [-0.05, 0) is 36.6 Å². The molecule has 27 heavy (non-hydrogen) atoms. The number of sulfonamides is 1. The molecule has 0 saturated heterocycles. The third-order valence-corrected chi connectivity index (χ3v) is 5.97. The van der Waals surface area contributed by atoms with Crippen LogP contribution < -0.4 is 9.46 Å². The van der Waals surface area contributed by atoms with Gasteiger partial charge < -0.3 is 9.64 Å². The van der Waals surface area contributed by atoms with E-state index in [0.29, 0.717) is 25.1 Å². The minimum Gasteiger partial charge on any atom is -0.496 e. The second kappa shape index (κ2) is 9.53. The molecule has 0 unspecified atom stereocenters. The van der Waals surface area contributed by atoms with E-state index in [1.807, 2.05) is 24.3 Å². The molecule has 2 aromatic rings.